The van der Waals surface area contributed by atoms with Gasteiger partial charge in [-0.05, 0) is 24.3 Å². The quantitative estimate of drug-likeness (QED) is 0.0906. The van der Waals surface area contributed by atoms with E-state index in [1.165, 1.54) is 0 Å². The first-order chi connectivity index (χ1) is 17.1. The maximum atomic E-state index is 13.0. The lowest BCUT2D eigenvalue weighted by atomic mass is 9.94. The van der Waals surface area contributed by atoms with Gasteiger partial charge in [-0.3, -0.25) is 0 Å². The molecular formula is C20H23F14NO3S. The summed E-state index contributed by atoms with van der Waals surface area (Å²) in [7, 11) is -7.86. The Hall–Kier alpha value is -2.15. The van der Waals surface area contributed by atoms with Gasteiger partial charge in [-0.1, -0.05) is 26.3 Å². The van der Waals surface area contributed by atoms with Crippen LogP contribution >= 0.6 is 0 Å². The normalized spacial score (nSPS) is 15.1. The van der Waals surface area contributed by atoms with Gasteiger partial charge in [0.1, 0.15) is 0 Å². The van der Waals surface area contributed by atoms with Crippen molar-refractivity contribution in [2.75, 3.05) is 26.2 Å². The molecule has 0 N–H and O–H groups in total. The topological polar surface area (TPSA) is 57.2 Å². The van der Waals surface area contributed by atoms with E-state index < -0.39 is 57.8 Å². The van der Waals surface area contributed by atoms with Crippen LogP contribution in [0.25, 0.3) is 0 Å². The second-order valence-electron chi connectivity index (χ2n) is 7.83. The zero-order valence-electron chi connectivity index (χ0n) is 19.6. The summed E-state index contributed by atoms with van der Waals surface area (Å²) in [5.41, 5.74) is 0. The van der Waals surface area contributed by atoms with Gasteiger partial charge >= 0.3 is 35.1 Å². The van der Waals surface area contributed by atoms with Crippen molar-refractivity contribution in [1.82, 2.24) is 0 Å². The van der Waals surface area contributed by atoms with Crippen molar-refractivity contribution in [1.29, 1.82) is 0 Å². The van der Waals surface area contributed by atoms with Crippen molar-refractivity contribution in [3.63, 3.8) is 0 Å². The predicted molar refractivity (Wildman–Crippen MR) is 111 cm³/mol. The highest BCUT2D eigenvalue weighted by Gasteiger charge is 2.88. The number of quaternary nitrogens is 1. The Kier molecular flexibility index (Phi) is 13.0. The third-order valence-electron chi connectivity index (χ3n) is 4.76. The first-order valence-corrected chi connectivity index (χ1v) is 11.4. The minimum Gasteiger partial charge on any atom is -0.743 e. The van der Waals surface area contributed by atoms with Crippen LogP contribution < -0.4 is 0 Å². The molecule has 0 saturated carbocycles. The summed E-state index contributed by atoms with van der Waals surface area (Å²) in [6.45, 7) is 18.8. The summed E-state index contributed by atoms with van der Waals surface area (Å²) >= 11 is 0. The van der Waals surface area contributed by atoms with Crippen molar-refractivity contribution >= 4 is 10.1 Å². The van der Waals surface area contributed by atoms with Gasteiger partial charge in [0.15, 0.2) is 16.3 Å². The lowest BCUT2D eigenvalue weighted by Crippen LogP contribution is -2.70. The van der Waals surface area contributed by atoms with Gasteiger partial charge in [0.25, 0.3) is 0 Å². The minimum atomic E-state index is -8.18. The average molecular weight is 623 g/mol. The van der Waals surface area contributed by atoms with E-state index in [-0.39, 0.29) is 0 Å². The van der Waals surface area contributed by atoms with Crippen molar-refractivity contribution in [2.45, 2.75) is 47.7 Å². The maximum Gasteiger partial charge on any atom is 0.402 e. The monoisotopic (exact) mass is 623 g/mol. The van der Waals surface area contributed by atoms with E-state index in [1.807, 2.05) is 24.3 Å². The van der Waals surface area contributed by atoms with Crippen LogP contribution in [-0.4, -0.2) is 84.9 Å². The molecule has 0 bridgehead atoms. The number of hydrogen-bond acceptors (Lipinski definition) is 3. The van der Waals surface area contributed by atoms with Crippen molar-refractivity contribution in [3.05, 3.63) is 50.6 Å². The Morgan fingerprint density at radius 1 is 0.641 bits per heavy atom. The van der Waals surface area contributed by atoms with Gasteiger partial charge in [-0.2, -0.15) is 57.1 Å². The standard InChI is InChI=1S/C12H20N.C8H4F14O3S/c1-5-9-13(10-6-2,11-7-3)12-8-4;9-2(1-3(10,11)12)4(13,14)5(15,16)6(17,18)7(19,20)8(21,22)26(23,24)25/h5-8H,1-4,9-12H2;2H,1H2,(H,23,24,25)/q+1;/p-1. The first-order valence-electron chi connectivity index (χ1n) is 9.96. The second kappa shape index (κ2) is 13.0. The van der Waals surface area contributed by atoms with Crippen LogP contribution in [0.5, 0.6) is 0 Å². The van der Waals surface area contributed by atoms with Crippen LogP contribution in [0.15, 0.2) is 50.6 Å². The molecule has 0 saturated heterocycles. The van der Waals surface area contributed by atoms with E-state index in [1.54, 1.807) is 0 Å². The number of rotatable bonds is 15. The van der Waals surface area contributed by atoms with E-state index in [2.05, 4.69) is 26.3 Å². The summed E-state index contributed by atoms with van der Waals surface area (Å²) < 4.78 is 207. The average Bonchev–Trinajstić information content (AvgIpc) is 2.72. The molecule has 0 aliphatic carbocycles. The van der Waals surface area contributed by atoms with E-state index in [0.29, 0.717) is 0 Å². The molecule has 0 aromatic rings. The largest absolute Gasteiger partial charge is 0.743 e. The molecule has 0 rings (SSSR count). The van der Waals surface area contributed by atoms with Crippen LogP contribution in [0.1, 0.15) is 6.42 Å². The third-order valence-corrected chi connectivity index (χ3v) is 5.64. The van der Waals surface area contributed by atoms with Crippen LogP contribution in [0.4, 0.5) is 61.5 Å². The Bertz CT molecular complexity index is 916. The molecule has 0 heterocycles. The van der Waals surface area contributed by atoms with E-state index in [4.69, 9.17) is 0 Å². The molecule has 0 spiro atoms. The summed E-state index contributed by atoms with van der Waals surface area (Å²) in [6, 6.07) is 0. The fraction of sp³-hybridized carbons (Fsp3) is 0.600. The van der Waals surface area contributed by atoms with E-state index in [0.717, 1.165) is 30.7 Å². The molecule has 0 aliphatic heterocycles. The highest BCUT2D eigenvalue weighted by molar-refractivity contribution is 7.86. The van der Waals surface area contributed by atoms with Crippen molar-refractivity contribution in [2.24, 2.45) is 0 Å². The zero-order valence-corrected chi connectivity index (χ0v) is 20.4. The SMILES string of the molecule is C=CC[N+](CC=C)(CC=C)CC=C.O=S(=O)([O-])C(F)(F)C(F)(F)C(F)(F)C(F)(F)C(F)(F)C(F)CC(F)(F)F. The molecule has 0 aliphatic rings. The molecular weight excluding hydrogens is 600 g/mol. The van der Waals surface area contributed by atoms with Gasteiger partial charge in [0.05, 0.1) is 32.6 Å². The Balaban J connectivity index is 0. The number of alkyl halides is 14. The molecule has 39 heavy (non-hydrogen) atoms. The van der Waals surface area contributed by atoms with Crippen LogP contribution in [0.3, 0.4) is 0 Å². The second-order valence-corrected chi connectivity index (χ2v) is 9.25. The molecule has 19 heteroatoms. The zero-order chi connectivity index (χ0) is 31.9. The smallest absolute Gasteiger partial charge is 0.402 e. The predicted octanol–water partition coefficient (Wildman–Crippen LogP) is 6.50. The maximum absolute atomic E-state index is 13.0. The minimum absolute atomic E-state index is 0.903. The summed E-state index contributed by atoms with van der Waals surface area (Å²) in [5, 5.41) is -7.61. The molecule has 0 amide bonds. The Morgan fingerprint density at radius 2 is 0.949 bits per heavy atom. The molecule has 0 aromatic heterocycles. The molecule has 0 fully saturated rings. The van der Waals surface area contributed by atoms with Gasteiger partial charge in [0.2, 0.25) is 0 Å². The fourth-order valence-corrected chi connectivity index (χ4v) is 3.26. The lowest BCUT2D eigenvalue weighted by Gasteiger charge is -2.40. The van der Waals surface area contributed by atoms with E-state index in [9.17, 15) is 74.4 Å². The summed E-state index contributed by atoms with van der Waals surface area (Å²) in [6.07, 6.45) is -7.18. The Labute approximate surface area is 214 Å². The number of nitrogens with zero attached hydrogens (tertiary/aromatic N) is 1. The van der Waals surface area contributed by atoms with Crippen LogP contribution in [0, 0.1) is 0 Å². The molecule has 1 unspecified atom stereocenters. The Morgan fingerprint density at radius 3 is 1.18 bits per heavy atom. The lowest BCUT2D eigenvalue weighted by molar-refractivity contribution is -0.906. The summed E-state index contributed by atoms with van der Waals surface area (Å²) in [4.78, 5) is 0. The highest BCUT2D eigenvalue weighted by atomic mass is 32.2. The van der Waals surface area contributed by atoms with E-state index >= 15 is 0 Å². The number of halogens is 14. The van der Waals surface area contributed by atoms with Crippen LogP contribution in [0.2, 0.25) is 0 Å². The van der Waals surface area contributed by atoms with Gasteiger partial charge in [-0.15, -0.1) is 0 Å². The van der Waals surface area contributed by atoms with Crippen LogP contribution in [-0.2, 0) is 10.1 Å². The molecule has 230 valence electrons. The summed E-state index contributed by atoms with van der Waals surface area (Å²) in [5.74, 6) is -31.6. The molecule has 1 atom stereocenters. The highest BCUT2D eigenvalue weighted by Crippen LogP contribution is 2.59. The van der Waals surface area contributed by atoms with Gasteiger partial charge in [-0.25, -0.2) is 12.8 Å². The first kappa shape index (κ1) is 39.0. The van der Waals surface area contributed by atoms with Crippen molar-refractivity contribution < 1.29 is 78.9 Å². The molecule has 0 radical (unpaired) electrons. The molecule has 4 nitrogen and oxygen atoms in total. The third kappa shape index (κ3) is 8.42. The van der Waals surface area contributed by atoms with Gasteiger partial charge < -0.3 is 9.04 Å². The van der Waals surface area contributed by atoms with Crippen molar-refractivity contribution in [3.8, 4) is 0 Å². The van der Waals surface area contributed by atoms with Gasteiger partial charge in [0, 0.05) is 0 Å². The fourth-order valence-electron chi connectivity index (χ4n) is 2.82. The number of hydrogen-bond donors (Lipinski definition) is 0. The molecule has 0 aromatic carbocycles.